The minimum absolute atomic E-state index is 0. The van der Waals surface area contributed by atoms with Gasteiger partial charge in [-0.2, -0.15) is 0 Å². The minimum atomic E-state index is -2.61. The molecule has 0 aliphatic carbocycles. The minimum Gasteiger partial charge on any atom is -0.733 e. The van der Waals surface area contributed by atoms with Crippen LogP contribution in [-0.2, 0) is 19.3 Å². The van der Waals surface area contributed by atoms with Gasteiger partial charge in [-0.05, 0) is 0 Å². The van der Waals surface area contributed by atoms with Crippen molar-refractivity contribution in [1.82, 2.24) is 0 Å². The van der Waals surface area contributed by atoms with E-state index < -0.39 is 10.9 Å². The second kappa shape index (κ2) is 9.44. The average molecular weight is 93.0 g/mol. The smallest absolute Gasteiger partial charge is 0.733 e. The van der Waals surface area contributed by atoms with E-state index in [1.165, 1.54) is 0 Å². The van der Waals surface area contributed by atoms with Crippen molar-refractivity contribution < 1.29 is 46.1 Å². The van der Waals surface area contributed by atoms with Crippen molar-refractivity contribution in [3.05, 3.63) is 5.14 Å². The Bertz CT molecular complexity index is 59.9. The largest absolute Gasteiger partial charge is 1.00 e. The van der Waals surface area contributed by atoms with Gasteiger partial charge in [0.25, 0.3) is 0 Å². The second-order valence-corrected chi connectivity index (χ2v) is 0.704. The third kappa shape index (κ3) is 70.5. The van der Waals surface area contributed by atoms with E-state index in [0.717, 1.165) is 0 Å². The van der Waals surface area contributed by atoms with Gasteiger partial charge in [0, 0.05) is 0 Å². The molecular weight excluding hydrogens is 92.0 g/mol. The zero-order chi connectivity index (χ0) is 3.58. The van der Waals surface area contributed by atoms with Crippen LogP contribution in [0.1, 0.15) is 0 Å². The SMILES string of the molecule is [Li+].[Li+].[NH-][S-](=O)=O. The van der Waals surface area contributed by atoms with Crippen molar-refractivity contribution in [2.75, 3.05) is 0 Å². The van der Waals surface area contributed by atoms with Crippen LogP contribution >= 0.6 is 0 Å². The molecule has 0 aromatic carbocycles. The van der Waals surface area contributed by atoms with E-state index in [2.05, 4.69) is 0 Å². The Kier molecular flexibility index (Phi) is 24.7. The Morgan fingerprint density at radius 2 is 1.17 bits per heavy atom. The summed E-state index contributed by atoms with van der Waals surface area (Å²) in [7, 11) is -2.61. The normalized spacial score (nSPS) is 5.67. The Hall–Kier alpha value is 1.10. The standard InChI is InChI=1S/2Li.HNO2S/c;;1-4(2)3/h;;(H-,1,2,3)/q2*+1;-2. The Labute approximate surface area is 62.1 Å². The first kappa shape index (κ1) is 15.7. The molecule has 6 heteroatoms. The fraction of sp³-hybridized carbons (Fsp3) is 0. The van der Waals surface area contributed by atoms with E-state index >= 15 is 0 Å². The van der Waals surface area contributed by atoms with Crippen molar-refractivity contribution in [1.29, 1.82) is 0 Å². The molecule has 6 heavy (non-hydrogen) atoms. The van der Waals surface area contributed by atoms with Gasteiger partial charge in [-0.3, -0.25) is 0 Å². The summed E-state index contributed by atoms with van der Waals surface area (Å²) in [6, 6.07) is 0. The first-order chi connectivity index (χ1) is 1.73. The molecule has 0 unspecified atom stereocenters. The van der Waals surface area contributed by atoms with Crippen molar-refractivity contribution in [3.63, 3.8) is 0 Å². The summed E-state index contributed by atoms with van der Waals surface area (Å²) in [5, 5.41) is 5.50. The van der Waals surface area contributed by atoms with Gasteiger partial charge < -0.3 is 13.6 Å². The molecule has 0 rings (SSSR count). The molecule has 0 bridgehead atoms. The molecular formula is HLi2NO2S. The van der Waals surface area contributed by atoms with Crippen LogP contribution in [0.3, 0.4) is 0 Å². The van der Waals surface area contributed by atoms with Crippen molar-refractivity contribution in [2.24, 2.45) is 0 Å². The first-order valence-corrected chi connectivity index (χ1v) is 1.61. The maximum atomic E-state index is 8.67. The summed E-state index contributed by atoms with van der Waals surface area (Å²) >= 11 is 0. The van der Waals surface area contributed by atoms with Crippen LogP contribution in [0, 0.1) is 0 Å². The molecule has 0 aromatic rings. The summed E-state index contributed by atoms with van der Waals surface area (Å²) in [5.41, 5.74) is 0. The van der Waals surface area contributed by atoms with E-state index in [0.29, 0.717) is 0 Å². The molecule has 0 spiro atoms. The molecule has 0 heterocycles. The summed E-state index contributed by atoms with van der Waals surface area (Å²) in [6.45, 7) is 0. The molecule has 0 saturated carbocycles. The van der Waals surface area contributed by atoms with Crippen molar-refractivity contribution in [3.8, 4) is 0 Å². The first-order valence-electron chi connectivity index (χ1n) is 0.537. The van der Waals surface area contributed by atoms with Crippen LogP contribution in [0.5, 0.6) is 0 Å². The Morgan fingerprint density at radius 3 is 1.17 bits per heavy atom. The van der Waals surface area contributed by atoms with Gasteiger partial charge in [0.2, 0.25) is 0 Å². The molecule has 0 saturated heterocycles. The van der Waals surface area contributed by atoms with Crippen LogP contribution < -0.4 is 37.7 Å². The number of rotatable bonds is 0. The van der Waals surface area contributed by atoms with Gasteiger partial charge in [0.15, 0.2) is 0 Å². The maximum absolute atomic E-state index is 8.67. The summed E-state index contributed by atoms with van der Waals surface area (Å²) < 4.78 is 17.3. The van der Waals surface area contributed by atoms with E-state index in [4.69, 9.17) is 13.6 Å². The summed E-state index contributed by atoms with van der Waals surface area (Å²) in [4.78, 5) is 0. The zero-order valence-electron chi connectivity index (χ0n) is 3.72. The van der Waals surface area contributed by atoms with Crippen molar-refractivity contribution >= 4 is 10.9 Å². The molecule has 0 aliphatic heterocycles. The van der Waals surface area contributed by atoms with Crippen LogP contribution in [0.25, 0.3) is 5.14 Å². The van der Waals surface area contributed by atoms with Crippen LogP contribution in [-0.4, -0.2) is 0 Å². The van der Waals surface area contributed by atoms with Crippen LogP contribution in [0.15, 0.2) is 0 Å². The van der Waals surface area contributed by atoms with E-state index in [1.54, 1.807) is 0 Å². The van der Waals surface area contributed by atoms with Crippen molar-refractivity contribution in [2.45, 2.75) is 0 Å². The molecule has 26 valence electrons. The quantitative estimate of drug-likeness (QED) is 0.221. The van der Waals surface area contributed by atoms with E-state index in [9.17, 15) is 0 Å². The summed E-state index contributed by atoms with van der Waals surface area (Å²) in [6.07, 6.45) is 0. The predicted molar refractivity (Wildman–Crippen MR) is 13.1 cm³/mol. The molecule has 0 atom stereocenters. The third-order valence-electron chi connectivity index (χ3n) is 0. The fourth-order valence-electron chi connectivity index (χ4n) is 0. The van der Waals surface area contributed by atoms with E-state index in [1.807, 2.05) is 0 Å². The number of hydrogen-bond donors (Lipinski definition) is 0. The molecule has 0 aromatic heterocycles. The summed E-state index contributed by atoms with van der Waals surface area (Å²) in [5.74, 6) is 0. The Balaban J connectivity index is -0.0000000450. The average Bonchev–Trinajstić information content (AvgIpc) is 0.811. The molecule has 0 amide bonds. The van der Waals surface area contributed by atoms with E-state index in [-0.39, 0.29) is 37.7 Å². The van der Waals surface area contributed by atoms with Gasteiger partial charge in [0.05, 0.1) is 0 Å². The van der Waals surface area contributed by atoms with Gasteiger partial charge in [-0.25, -0.2) is 10.9 Å². The zero-order valence-corrected chi connectivity index (χ0v) is 4.54. The topological polar surface area (TPSA) is 57.9 Å². The maximum Gasteiger partial charge on any atom is 1.00 e. The monoisotopic (exact) mass is 93.0 g/mol. The molecule has 3 nitrogen and oxygen atoms in total. The Morgan fingerprint density at radius 1 is 1.17 bits per heavy atom. The third-order valence-corrected chi connectivity index (χ3v) is 0. The fourth-order valence-corrected chi connectivity index (χ4v) is 0. The van der Waals surface area contributed by atoms with Gasteiger partial charge >= 0.3 is 37.7 Å². The van der Waals surface area contributed by atoms with Gasteiger partial charge in [0.1, 0.15) is 0 Å². The number of nitrogens with one attached hydrogen (secondary N) is 1. The van der Waals surface area contributed by atoms with Crippen LogP contribution in [0.2, 0.25) is 0 Å². The molecule has 0 fully saturated rings. The predicted octanol–water partition coefficient (Wildman–Crippen LogP) is -5.73. The molecule has 0 aliphatic rings. The second-order valence-electron chi connectivity index (χ2n) is 0.235. The number of hydrogen-bond acceptors (Lipinski definition) is 3. The molecule has 1 N–H and O–H groups in total. The van der Waals surface area contributed by atoms with Gasteiger partial charge in [-0.15, -0.1) is 0 Å². The van der Waals surface area contributed by atoms with Gasteiger partial charge in [-0.1, -0.05) is 0 Å². The van der Waals surface area contributed by atoms with Crippen LogP contribution in [0.4, 0.5) is 0 Å². The molecule has 0 radical (unpaired) electrons.